The summed E-state index contributed by atoms with van der Waals surface area (Å²) in [6.45, 7) is 5.54. The van der Waals surface area contributed by atoms with Crippen LogP contribution in [0.4, 0.5) is 4.39 Å². The summed E-state index contributed by atoms with van der Waals surface area (Å²) in [7, 11) is 0. The lowest BCUT2D eigenvalue weighted by Crippen LogP contribution is -2.21. The molecular formula is C30H43FN2O3. The van der Waals surface area contributed by atoms with E-state index in [0.717, 1.165) is 31.4 Å². The van der Waals surface area contributed by atoms with Crippen LogP contribution in [0.2, 0.25) is 0 Å². The van der Waals surface area contributed by atoms with Crippen molar-refractivity contribution in [3.05, 3.63) is 47.2 Å². The Labute approximate surface area is 216 Å². The highest BCUT2D eigenvalue weighted by molar-refractivity contribution is 5.99. The van der Waals surface area contributed by atoms with Gasteiger partial charge in [0, 0.05) is 24.6 Å². The van der Waals surface area contributed by atoms with Gasteiger partial charge in [-0.25, -0.2) is 0 Å². The molecule has 0 aliphatic heterocycles. The number of fused-ring (bicyclic) bond motifs is 1. The zero-order chi connectivity index (χ0) is 25.6. The minimum Gasteiger partial charge on any atom is -0.492 e. The normalized spacial score (nSPS) is 15.1. The molecule has 1 unspecified atom stereocenters. The summed E-state index contributed by atoms with van der Waals surface area (Å²) in [5.74, 6) is -0.231. The van der Waals surface area contributed by atoms with Gasteiger partial charge in [-0.2, -0.15) is 9.37 Å². The lowest BCUT2D eigenvalue weighted by molar-refractivity contribution is 0.0963. The molecule has 3 rings (SSSR count). The van der Waals surface area contributed by atoms with Crippen LogP contribution in [-0.2, 0) is 0 Å². The van der Waals surface area contributed by atoms with E-state index in [9.17, 15) is 9.18 Å². The number of hydrogen-bond donors (Lipinski definition) is 0. The molecule has 0 amide bonds. The molecule has 0 N–H and O–H groups in total. The number of unbranched alkanes of at least 4 members (excludes halogenated alkanes) is 10. The van der Waals surface area contributed by atoms with E-state index in [4.69, 9.17) is 9.47 Å². The van der Waals surface area contributed by atoms with Crippen LogP contribution in [0.25, 0.3) is 0 Å². The van der Waals surface area contributed by atoms with Crippen molar-refractivity contribution in [3.8, 4) is 11.6 Å². The number of halogens is 1. The number of ether oxygens (including phenoxy) is 2. The van der Waals surface area contributed by atoms with Crippen LogP contribution in [0.5, 0.6) is 11.6 Å². The molecule has 36 heavy (non-hydrogen) atoms. The van der Waals surface area contributed by atoms with Crippen LogP contribution in [-0.4, -0.2) is 29.0 Å². The summed E-state index contributed by atoms with van der Waals surface area (Å²) < 4.78 is 26.9. The van der Waals surface area contributed by atoms with E-state index in [0.29, 0.717) is 30.9 Å². The fourth-order valence-corrected chi connectivity index (χ4v) is 4.88. The van der Waals surface area contributed by atoms with E-state index in [1.165, 1.54) is 51.4 Å². The fourth-order valence-electron chi connectivity index (χ4n) is 4.88. The van der Waals surface area contributed by atoms with Gasteiger partial charge in [-0.1, -0.05) is 78.1 Å². The molecule has 0 aromatic carbocycles. The number of pyridine rings is 2. The van der Waals surface area contributed by atoms with E-state index in [2.05, 4.69) is 23.8 Å². The first-order chi connectivity index (χ1) is 17.7. The maximum Gasteiger partial charge on any atom is 0.227 e. The minimum atomic E-state index is -0.745. The van der Waals surface area contributed by atoms with Gasteiger partial charge in [0.1, 0.15) is 5.75 Å². The first kappa shape index (κ1) is 28.1. The van der Waals surface area contributed by atoms with Gasteiger partial charge >= 0.3 is 0 Å². The second-order valence-corrected chi connectivity index (χ2v) is 9.85. The molecule has 0 saturated carbocycles. The average molecular weight is 499 g/mol. The molecule has 0 radical (unpaired) electrons. The maximum absolute atomic E-state index is 15.0. The third-order valence-corrected chi connectivity index (χ3v) is 6.93. The predicted molar refractivity (Wildman–Crippen MR) is 142 cm³/mol. The number of ketones is 1. The Bertz CT molecular complexity index is 950. The number of carbonyl (C=O) groups is 1. The summed E-state index contributed by atoms with van der Waals surface area (Å²) in [6.07, 6.45) is 16.6. The largest absolute Gasteiger partial charge is 0.492 e. The number of carbonyl (C=O) groups excluding carboxylic acids is 1. The van der Waals surface area contributed by atoms with Gasteiger partial charge in [0.05, 0.1) is 24.5 Å². The summed E-state index contributed by atoms with van der Waals surface area (Å²) in [4.78, 5) is 21.2. The van der Waals surface area contributed by atoms with Gasteiger partial charge in [-0.05, 0) is 37.0 Å². The minimum absolute atomic E-state index is 0.0747. The molecule has 1 aliphatic rings. The lowest BCUT2D eigenvalue weighted by Gasteiger charge is -2.26. The standard InChI is InChI=1S/C30H43FN2O3/c1-3-5-7-9-11-13-20-35-26-16-15-19-32-29(26)23-17-18-25(34)28-24(23)22-27(33-30(28)31)36-21-14-12-10-8-6-4-2/h15-16,19,22-23H,3-14,17-18,20-21H2,1-2H3. The van der Waals surface area contributed by atoms with E-state index < -0.39 is 5.95 Å². The van der Waals surface area contributed by atoms with Crippen LogP contribution in [0.1, 0.15) is 131 Å². The highest BCUT2D eigenvalue weighted by Gasteiger charge is 2.33. The zero-order valence-electron chi connectivity index (χ0n) is 22.2. The van der Waals surface area contributed by atoms with Gasteiger partial charge < -0.3 is 9.47 Å². The van der Waals surface area contributed by atoms with Gasteiger partial charge in [0.15, 0.2) is 5.78 Å². The van der Waals surface area contributed by atoms with E-state index in [-0.39, 0.29) is 29.6 Å². The van der Waals surface area contributed by atoms with Gasteiger partial charge in [0.25, 0.3) is 0 Å². The molecule has 0 fully saturated rings. The number of aromatic nitrogens is 2. The molecule has 2 aromatic rings. The van der Waals surface area contributed by atoms with Crippen LogP contribution < -0.4 is 9.47 Å². The van der Waals surface area contributed by atoms with Gasteiger partial charge in [-0.3, -0.25) is 9.78 Å². The third kappa shape index (κ3) is 8.28. The topological polar surface area (TPSA) is 61.3 Å². The predicted octanol–water partition coefficient (Wildman–Crippen LogP) is 8.20. The highest BCUT2D eigenvalue weighted by atomic mass is 19.1. The van der Waals surface area contributed by atoms with Crippen molar-refractivity contribution in [2.24, 2.45) is 0 Å². The van der Waals surface area contributed by atoms with Crippen LogP contribution in [0.15, 0.2) is 24.4 Å². The Morgan fingerprint density at radius 3 is 2.25 bits per heavy atom. The molecule has 2 heterocycles. The first-order valence-corrected chi connectivity index (χ1v) is 14.1. The van der Waals surface area contributed by atoms with Crippen LogP contribution >= 0.6 is 0 Å². The molecule has 0 bridgehead atoms. The van der Waals surface area contributed by atoms with Crippen molar-refractivity contribution in [1.82, 2.24) is 9.97 Å². The molecular weight excluding hydrogens is 455 g/mol. The first-order valence-electron chi connectivity index (χ1n) is 14.1. The van der Waals surface area contributed by atoms with Crippen molar-refractivity contribution in [2.45, 2.75) is 110 Å². The number of Topliss-reactive ketones (excluding diaryl/α,β-unsaturated/α-hetero) is 1. The smallest absolute Gasteiger partial charge is 0.227 e. The summed E-state index contributed by atoms with van der Waals surface area (Å²) in [6, 6.07) is 5.52. The third-order valence-electron chi connectivity index (χ3n) is 6.93. The Hall–Kier alpha value is -2.50. The Kier molecular flexibility index (Phi) is 12.1. The van der Waals surface area contributed by atoms with Crippen LogP contribution in [0, 0.1) is 5.95 Å². The van der Waals surface area contributed by atoms with E-state index >= 15 is 0 Å². The second-order valence-electron chi connectivity index (χ2n) is 9.85. The number of rotatable bonds is 17. The van der Waals surface area contributed by atoms with E-state index in [1.807, 2.05) is 12.1 Å². The van der Waals surface area contributed by atoms with Crippen molar-refractivity contribution < 1.29 is 18.7 Å². The van der Waals surface area contributed by atoms with Gasteiger partial charge in [-0.15, -0.1) is 0 Å². The Balaban J connectivity index is 1.68. The average Bonchev–Trinajstić information content (AvgIpc) is 2.88. The quantitative estimate of drug-likeness (QED) is 0.162. The van der Waals surface area contributed by atoms with Crippen molar-refractivity contribution >= 4 is 5.78 Å². The number of nitrogens with zero attached hydrogens (tertiary/aromatic N) is 2. The Morgan fingerprint density at radius 2 is 1.56 bits per heavy atom. The fraction of sp³-hybridized carbons (Fsp3) is 0.633. The number of hydrogen-bond acceptors (Lipinski definition) is 5. The molecule has 0 spiro atoms. The molecule has 198 valence electrons. The monoisotopic (exact) mass is 498 g/mol. The molecule has 6 heteroatoms. The molecule has 1 aliphatic carbocycles. The van der Waals surface area contributed by atoms with Crippen molar-refractivity contribution in [2.75, 3.05) is 13.2 Å². The van der Waals surface area contributed by atoms with Crippen molar-refractivity contribution in [3.63, 3.8) is 0 Å². The summed E-state index contributed by atoms with van der Waals surface area (Å²) in [5, 5.41) is 0. The second kappa shape index (κ2) is 15.6. The SMILES string of the molecule is CCCCCCCCOc1cc2c(c(F)n1)C(=O)CCC2c1ncccc1OCCCCCCCC. The summed E-state index contributed by atoms with van der Waals surface area (Å²) >= 11 is 0. The lowest BCUT2D eigenvalue weighted by atomic mass is 9.80. The molecule has 1 atom stereocenters. The van der Waals surface area contributed by atoms with Crippen molar-refractivity contribution in [1.29, 1.82) is 0 Å². The Morgan fingerprint density at radius 1 is 0.917 bits per heavy atom. The molecule has 5 nitrogen and oxygen atoms in total. The van der Waals surface area contributed by atoms with Crippen LogP contribution in [0.3, 0.4) is 0 Å². The molecule has 0 saturated heterocycles. The zero-order valence-corrected chi connectivity index (χ0v) is 22.2. The molecule has 2 aromatic heterocycles. The maximum atomic E-state index is 15.0. The van der Waals surface area contributed by atoms with E-state index in [1.54, 1.807) is 12.3 Å². The van der Waals surface area contributed by atoms with Gasteiger partial charge in [0.2, 0.25) is 11.8 Å². The summed E-state index contributed by atoms with van der Waals surface area (Å²) in [5.41, 5.74) is 1.44. The highest BCUT2D eigenvalue weighted by Crippen LogP contribution is 2.41.